The molecule has 0 radical (unpaired) electrons. The van der Waals surface area contributed by atoms with Gasteiger partial charge in [-0.3, -0.25) is 9.59 Å². The van der Waals surface area contributed by atoms with Gasteiger partial charge in [0.15, 0.2) is 11.5 Å². The highest BCUT2D eigenvalue weighted by Crippen LogP contribution is 2.25. The van der Waals surface area contributed by atoms with Gasteiger partial charge in [0, 0.05) is 5.56 Å². The summed E-state index contributed by atoms with van der Waals surface area (Å²) in [6.45, 7) is -0.314. The van der Waals surface area contributed by atoms with Gasteiger partial charge >= 0.3 is 0 Å². The Morgan fingerprint density at radius 1 is 1.28 bits per heavy atom. The van der Waals surface area contributed by atoms with Crippen LogP contribution in [-0.2, 0) is 4.79 Å². The smallest absolute Gasteiger partial charge is 0.259 e. The van der Waals surface area contributed by atoms with Gasteiger partial charge in [0.25, 0.3) is 11.8 Å². The average molecular weight is 345 g/mol. The molecule has 0 atom stereocenters. The zero-order chi connectivity index (χ0) is 18.2. The van der Waals surface area contributed by atoms with Crippen LogP contribution in [-0.4, -0.2) is 36.8 Å². The molecule has 2 aromatic carbocycles. The minimum absolute atomic E-state index is 0.0104. The number of nitrogens with one attached hydrogen (secondary N) is 2. The number of ether oxygens (including phenoxy) is 1. The van der Waals surface area contributed by atoms with E-state index in [0.29, 0.717) is 5.56 Å². The molecular weight excluding hydrogens is 329 g/mol. The van der Waals surface area contributed by atoms with E-state index in [-0.39, 0.29) is 23.6 Å². The summed E-state index contributed by atoms with van der Waals surface area (Å²) in [6, 6.07) is 9.69. The van der Waals surface area contributed by atoms with Crippen molar-refractivity contribution < 1.29 is 23.8 Å². The minimum atomic E-state index is -0.568. The fourth-order valence-electron chi connectivity index (χ4n) is 1.89. The van der Waals surface area contributed by atoms with Crippen LogP contribution < -0.4 is 15.5 Å². The first-order valence-corrected chi connectivity index (χ1v) is 7.22. The van der Waals surface area contributed by atoms with E-state index in [4.69, 9.17) is 4.74 Å². The molecule has 0 aliphatic heterocycles. The summed E-state index contributed by atoms with van der Waals surface area (Å²) in [5.74, 6) is -1.39. The molecule has 25 heavy (non-hydrogen) atoms. The molecule has 0 saturated heterocycles. The van der Waals surface area contributed by atoms with E-state index < -0.39 is 17.6 Å². The van der Waals surface area contributed by atoms with Crippen molar-refractivity contribution in [1.29, 1.82) is 0 Å². The SMILES string of the molecule is COc1cc(/C=N\NC(=O)CNC(=O)c2cccc(F)c2)ccc1O. The van der Waals surface area contributed by atoms with Gasteiger partial charge < -0.3 is 15.2 Å². The van der Waals surface area contributed by atoms with Gasteiger partial charge in [0.1, 0.15) is 5.82 Å². The number of rotatable bonds is 6. The molecule has 0 heterocycles. The summed E-state index contributed by atoms with van der Waals surface area (Å²) in [4.78, 5) is 23.4. The standard InChI is InChI=1S/C17H16FN3O4/c1-25-15-7-11(5-6-14(15)22)9-20-21-16(23)10-19-17(24)12-3-2-4-13(18)8-12/h2-9,22H,10H2,1H3,(H,19,24)(H,21,23)/b20-9-. The second kappa shape index (κ2) is 8.44. The first-order chi connectivity index (χ1) is 12.0. The Morgan fingerprint density at radius 3 is 2.80 bits per heavy atom. The molecule has 0 spiro atoms. The summed E-state index contributed by atoms with van der Waals surface area (Å²) >= 11 is 0. The van der Waals surface area contributed by atoms with E-state index >= 15 is 0 Å². The minimum Gasteiger partial charge on any atom is -0.504 e. The van der Waals surface area contributed by atoms with Gasteiger partial charge in [-0.15, -0.1) is 0 Å². The molecule has 0 bridgehead atoms. The van der Waals surface area contributed by atoms with Gasteiger partial charge in [0.05, 0.1) is 19.9 Å². The molecule has 2 amide bonds. The number of nitrogens with zero attached hydrogens (tertiary/aromatic N) is 1. The van der Waals surface area contributed by atoms with Crippen LogP contribution in [0.1, 0.15) is 15.9 Å². The maximum atomic E-state index is 13.0. The molecule has 2 rings (SSSR count). The first kappa shape index (κ1) is 17.9. The zero-order valence-corrected chi connectivity index (χ0v) is 13.3. The Hall–Kier alpha value is -3.42. The molecule has 0 fully saturated rings. The van der Waals surface area contributed by atoms with Gasteiger partial charge in [-0.1, -0.05) is 6.07 Å². The lowest BCUT2D eigenvalue weighted by molar-refractivity contribution is -0.120. The van der Waals surface area contributed by atoms with E-state index in [9.17, 15) is 19.1 Å². The van der Waals surface area contributed by atoms with Crippen LogP contribution in [0.3, 0.4) is 0 Å². The molecule has 130 valence electrons. The number of hydrogen-bond donors (Lipinski definition) is 3. The van der Waals surface area contributed by atoms with Crippen molar-refractivity contribution in [2.75, 3.05) is 13.7 Å². The fraction of sp³-hybridized carbons (Fsp3) is 0.118. The topological polar surface area (TPSA) is 100 Å². The van der Waals surface area contributed by atoms with Crippen molar-refractivity contribution in [3.63, 3.8) is 0 Å². The van der Waals surface area contributed by atoms with Crippen LogP contribution in [0.2, 0.25) is 0 Å². The van der Waals surface area contributed by atoms with Gasteiger partial charge in [-0.05, 0) is 42.0 Å². The van der Waals surface area contributed by atoms with Crippen molar-refractivity contribution >= 4 is 18.0 Å². The molecule has 0 aromatic heterocycles. The second-order valence-corrected chi connectivity index (χ2v) is 4.92. The van der Waals surface area contributed by atoms with Crippen LogP contribution >= 0.6 is 0 Å². The summed E-state index contributed by atoms with van der Waals surface area (Å²) in [7, 11) is 1.42. The van der Waals surface area contributed by atoms with Gasteiger partial charge in [-0.25, -0.2) is 9.82 Å². The third-order valence-corrected chi connectivity index (χ3v) is 3.10. The predicted octanol–water partition coefficient (Wildman–Crippen LogP) is 1.42. The number of halogens is 1. The molecule has 0 aliphatic carbocycles. The first-order valence-electron chi connectivity index (χ1n) is 7.22. The number of aromatic hydroxyl groups is 1. The maximum absolute atomic E-state index is 13.0. The number of amides is 2. The Bertz CT molecular complexity index is 808. The monoisotopic (exact) mass is 345 g/mol. The number of carbonyl (C=O) groups is 2. The number of benzene rings is 2. The Morgan fingerprint density at radius 2 is 2.08 bits per heavy atom. The highest BCUT2D eigenvalue weighted by molar-refractivity contribution is 5.96. The Balaban J connectivity index is 1.83. The number of methoxy groups -OCH3 is 1. The Kier molecular flexibility index (Phi) is 6.05. The van der Waals surface area contributed by atoms with Crippen LogP contribution in [0, 0.1) is 5.82 Å². The summed E-state index contributed by atoms with van der Waals surface area (Å²) in [6.07, 6.45) is 1.36. The van der Waals surface area contributed by atoms with E-state index in [2.05, 4.69) is 15.8 Å². The summed E-state index contributed by atoms with van der Waals surface area (Å²) in [5, 5.41) is 15.6. The average Bonchev–Trinajstić information content (AvgIpc) is 2.61. The van der Waals surface area contributed by atoms with E-state index in [1.165, 1.54) is 43.7 Å². The molecule has 3 N–H and O–H groups in total. The van der Waals surface area contributed by atoms with E-state index in [1.807, 2.05) is 0 Å². The number of hydrazone groups is 1. The normalized spacial score (nSPS) is 10.5. The lowest BCUT2D eigenvalue weighted by Crippen LogP contribution is -2.34. The zero-order valence-electron chi connectivity index (χ0n) is 13.3. The third kappa shape index (κ3) is 5.31. The fourth-order valence-corrected chi connectivity index (χ4v) is 1.89. The number of hydrogen-bond acceptors (Lipinski definition) is 5. The van der Waals surface area contributed by atoms with Crippen molar-refractivity contribution in [3.05, 3.63) is 59.4 Å². The molecule has 2 aromatic rings. The lowest BCUT2D eigenvalue weighted by Gasteiger charge is -2.05. The van der Waals surface area contributed by atoms with Crippen molar-refractivity contribution in [2.45, 2.75) is 0 Å². The number of carbonyl (C=O) groups excluding carboxylic acids is 2. The number of phenolic OH excluding ortho intramolecular Hbond substituents is 1. The van der Waals surface area contributed by atoms with E-state index in [1.54, 1.807) is 6.07 Å². The van der Waals surface area contributed by atoms with E-state index in [0.717, 1.165) is 6.07 Å². The maximum Gasteiger partial charge on any atom is 0.259 e. The highest BCUT2D eigenvalue weighted by atomic mass is 19.1. The van der Waals surface area contributed by atoms with Gasteiger partial charge in [-0.2, -0.15) is 5.10 Å². The Labute approximate surface area is 143 Å². The van der Waals surface area contributed by atoms with Crippen LogP contribution in [0.25, 0.3) is 0 Å². The highest BCUT2D eigenvalue weighted by Gasteiger charge is 2.08. The molecule has 7 nitrogen and oxygen atoms in total. The predicted molar refractivity (Wildman–Crippen MR) is 89.1 cm³/mol. The van der Waals surface area contributed by atoms with Crippen LogP contribution in [0.15, 0.2) is 47.6 Å². The summed E-state index contributed by atoms with van der Waals surface area (Å²) in [5.41, 5.74) is 2.95. The third-order valence-electron chi connectivity index (χ3n) is 3.10. The molecular formula is C17H16FN3O4. The molecule has 0 unspecified atom stereocenters. The molecule has 8 heteroatoms. The van der Waals surface area contributed by atoms with Crippen LogP contribution in [0.5, 0.6) is 11.5 Å². The number of phenols is 1. The molecule has 0 saturated carbocycles. The van der Waals surface area contributed by atoms with Crippen molar-refractivity contribution in [3.8, 4) is 11.5 Å². The van der Waals surface area contributed by atoms with Gasteiger partial charge in [0.2, 0.25) is 0 Å². The van der Waals surface area contributed by atoms with Crippen molar-refractivity contribution in [2.24, 2.45) is 5.10 Å². The summed E-state index contributed by atoms with van der Waals surface area (Å²) < 4.78 is 18.0. The largest absolute Gasteiger partial charge is 0.504 e. The van der Waals surface area contributed by atoms with Crippen molar-refractivity contribution in [1.82, 2.24) is 10.7 Å². The van der Waals surface area contributed by atoms with Crippen LogP contribution in [0.4, 0.5) is 4.39 Å². The molecule has 0 aliphatic rings. The lowest BCUT2D eigenvalue weighted by atomic mass is 10.2. The quantitative estimate of drug-likeness (QED) is 0.544. The second-order valence-electron chi connectivity index (χ2n) is 4.92.